The standard InChI is InChI=1S/C23H32N4O/c1-15-10-19(21-12-23(21,3)4)20-11-17(6-7-22(20)27(15)16(2)28)18-13-25-26(14-18)9-8-24-5/h6-7,11,13-15,19,21,24H,8-10,12H2,1-5H3. The van der Waals surface area contributed by atoms with Crippen LogP contribution in [-0.4, -0.2) is 35.3 Å². The molecule has 0 bridgehead atoms. The molecule has 2 heterocycles. The first-order valence-electron chi connectivity index (χ1n) is 10.4. The van der Waals surface area contributed by atoms with Crippen LogP contribution in [0.4, 0.5) is 5.69 Å². The molecule has 4 rings (SSSR count). The molecule has 2 aromatic rings. The van der Waals surface area contributed by atoms with E-state index in [-0.39, 0.29) is 11.9 Å². The van der Waals surface area contributed by atoms with E-state index in [1.807, 2.05) is 22.8 Å². The van der Waals surface area contributed by atoms with Gasteiger partial charge in [-0.2, -0.15) is 5.10 Å². The van der Waals surface area contributed by atoms with E-state index in [1.165, 1.54) is 17.5 Å². The molecule has 1 aliphatic carbocycles. The lowest BCUT2D eigenvalue weighted by Crippen LogP contribution is -2.42. The number of hydrogen-bond donors (Lipinski definition) is 1. The van der Waals surface area contributed by atoms with Crippen molar-refractivity contribution in [1.29, 1.82) is 0 Å². The first-order valence-corrected chi connectivity index (χ1v) is 10.4. The van der Waals surface area contributed by atoms with Crippen LogP contribution in [0.5, 0.6) is 0 Å². The number of nitrogens with one attached hydrogen (secondary N) is 1. The summed E-state index contributed by atoms with van der Waals surface area (Å²) in [5, 5.41) is 7.66. The van der Waals surface area contributed by atoms with E-state index in [1.54, 1.807) is 6.92 Å². The fraction of sp³-hybridized carbons (Fsp3) is 0.565. The monoisotopic (exact) mass is 380 g/mol. The zero-order valence-electron chi connectivity index (χ0n) is 17.7. The van der Waals surface area contributed by atoms with Gasteiger partial charge in [0.2, 0.25) is 5.91 Å². The number of anilines is 1. The molecule has 5 heteroatoms. The van der Waals surface area contributed by atoms with Gasteiger partial charge in [-0.15, -0.1) is 0 Å². The van der Waals surface area contributed by atoms with Gasteiger partial charge in [0, 0.05) is 37.0 Å². The van der Waals surface area contributed by atoms with E-state index in [0.29, 0.717) is 17.3 Å². The average Bonchev–Trinajstić information content (AvgIpc) is 3.05. The molecule has 3 atom stereocenters. The summed E-state index contributed by atoms with van der Waals surface area (Å²) in [6.07, 6.45) is 6.38. The van der Waals surface area contributed by atoms with Crippen molar-refractivity contribution in [1.82, 2.24) is 15.1 Å². The van der Waals surface area contributed by atoms with Crippen LogP contribution in [0.25, 0.3) is 11.1 Å². The van der Waals surface area contributed by atoms with Crippen LogP contribution >= 0.6 is 0 Å². The van der Waals surface area contributed by atoms with E-state index < -0.39 is 0 Å². The number of nitrogens with zero attached hydrogens (tertiary/aromatic N) is 3. The first-order chi connectivity index (χ1) is 13.3. The maximum atomic E-state index is 12.4. The van der Waals surface area contributed by atoms with Gasteiger partial charge >= 0.3 is 0 Å². The largest absolute Gasteiger partial charge is 0.318 e. The topological polar surface area (TPSA) is 50.2 Å². The first kappa shape index (κ1) is 19.2. The Balaban J connectivity index is 1.72. The maximum Gasteiger partial charge on any atom is 0.224 e. The summed E-state index contributed by atoms with van der Waals surface area (Å²) in [5.74, 6) is 1.36. The lowest BCUT2D eigenvalue weighted by atomic mass is 9.79. The Labute approximate surface area is 168 Å². The Morgan fingerprint density at radius 3 is 2.71 bits per heavy atom. The minimum atomic E-state index is 0.134. The number of hydrogen-bond acceptors (Lipinski definition) is 3. The van der Waals surface area contributed by atoms with Gasteiger partial charge in [0.25, 0.3) is 0 Å². The molecule has 3 unspecified atom stereocenters. The third-order valence-electron chi connectivity index (χ3n) is 6.69. The molecule has 150 valence electrons. The van der Waals surface area contributed by atoms with Crippen molar-refractivity contribution in [3.63, 3.8) is 0 Å². The Bertz CT molecular complexity index is 884. The quantitative estimate of drug-likeness (QED) is 0.851. The van der Waals surface area contributed by atoms with E-state index >= 15 is 0 Å². The number of likely N-dealkylation sites (N-methyl/N-ethyl adjacent to an activating group) is 1. The Morgan fingerprint density at radius 1 is 1.32 bits per heavy atom. The molecule has 2 aliphatic rings. The highest BCUT2D eigenvalue weighted by Gasteiger charge is 2.52. The summed E-state index contributed by atoms with van der Waals surface area (Å²) in [6, 6.07) is 6.85. The van der Waals surface area contributed by atoms with Crippen LogP contribution < -0.4 is 10.2 Å². The van der Waals surface area contributed by atoms with Gasteiger partial charge < -0.3 is 10.2 Å². The molecule has 0 spiro atoms. The molecule has 1 N–H and O–H groups in total. The second-order valence-corrected chi connectivity index (χ2v) is 9.25. The van der Waals surface area contributed by atoms with Gasteiger partial charge in [-0.3, -0.25) is 9.48 Å². The number of benzene rings is 1. The SMILES string of the molecule is CNCCn1cc(-c2ccc3c(c2)C(C2CC2(C)C)CC(C)N3C(C)=O)cn1. The predicted octanol–water partition coefficient (Wildman–Crippen LogP) is 4.04. The summed E-state index contributed by atoms with van der Waals surface area (Å²) in [4.78, 5) is 14.3. The minimum absolute atomic E-state index is 0.134. The van der Waals surface area contributed by atoms with Crippen molar-refractivity contribution < 1.29 is 4.79 Å². The van der Waals surface area contributed by atoms with Gasteiger partial charge in [0.15, 0.2) is 0 Å². The smallest absolute Gasteiger partial charge is 0.224 e. The van der Waals surface area contributed by atoms with Gasteiger partial charge in [-0.05, 0) is 67.3 Å². The molecule has 0 radical (unpaired) electrons. The van der Waals surface area contributed by atoms with Crippen molar-refractivity contribution in [2.45, 2.75) is 59.0 Å². The van der Waals surface area contributed by atoms with E-state index in [4.69, 9.17) is 0 Å². The summed E-state index contributed by atoms with van der Waals surface area (Å²) < 4.78 is 1.98. The molecule has 1 aromatic carbocycles. The molecule has 0 saturated heterocycles. The van der Waals surface area contributed by atoms with Crippen LogP contribution in [0, 0.1) is 11.3 Å². The van der Waals surface area contributed by atoms with Gasteiger partial charge in [0.1, 0.15) is 0 Å². The number of fused-ring (bicyclic) bond motifs is 1. The van der Waals surface area contributed by atoms with Crippen molar-refractivity contribution in [2.75, 3.05) is 18.5 Å². The number of amides is 1. The molecule has 1 amide bonds. The second kappa shape index (κ2) is 7.03. The lowest BCUT2D eigenvalue weighted by Gasteiger charge is -2.40. The molecule has 1 fully saturated rings. The van der Waals surface area contributed by atoms with E-state index in [2.05, 4.69) is 55.6 Å². The summed E-state index contributed by atoms with van der Waals surface area (Å²) >= 11 is 0. The fourth-order valence-corrected chi connectivity index (χ4v) is 5.00. The fourth-order valence-electron chi connectivity index (χ4n) is 5.00. The van der Waals surface area contributed by atoms with Crippen molar-refractivity contribution in [2.24, 2.45) is 11.3 Å². The molecular formula is C23H32N4O. The molecule has 28 heavy (non-hydrogen) atoms. The average molecular weight is 381 g/mol. The van der Waals surface area contributed by atoms with Gasteiger partial charge in [0.05, 0.1) is 12.7 Å². The third kappa shape index (κ3) is 3.37. The van der Waals surface area contributed by atoms with E-state index in [0.717, 1.165) is 30.8 Å². The second-order valence-electron chi connectivity index (χ2n) is 9.25. The minimum Gasteiger partial charge on any atom is -0.318 e. The Hall–Kier alpha value is -2.14. The van der Waals surface area contributed by atoms with Gasteiger partial charge in [-0.25, -0.2) is 0 Å². The Morgan fingerprint density at radius 2 is 2.07 bits per heavy atom. The number of aromatic nitrogens is 2. The molecule has 1 aromatic heterocycles. The highest BCUT2D eigenvalue weighted by Crippen LogP contribution is 2.62. The normalized spacial score (nSPS) is 25.5. The molecule has 5 nitrogen and oxygen atoms in total. The summed E-state index contributed by atoms with van der Waals surface area (Å²) in [6.45, 7) is 10.4. The van der Waals surface area contributed by atoms with E-state index in [9.17, 15) is 4.79 Å². The van der Waals surface area contributed by atoms with Crippen LogP contribution in [0.3, 0.4) is 0 Å². The third-order valence-corrected chi connectivity index (χ3v) is 6.69. The summed E-state index contributed by atoms with van der Waals surface area (Å²) in [5.41, 5.74) is 5.18. The van der Waals surface area contributed by atoms with Crippen molar-refractivity contribution in [3.8, 4) is 11.1 Å². The molecular weight excluding hydrogens is 348 g/mol. The van der Waals surface area contributed by atoms with Crippen molar-refractivity contribution in [3.05, 3.63) is 36.2 Å². The van der Waals surface area contributed by atoms with Crippen LogP contribution in [-0.2, 0) is 11.3 Å². The maximum absolute atomic E-state index is 12.4. The van der Waals surface area contributed by atoms with Crippen LogP contribution in [0.15, 0.2) is 30.6 Å². The van der Waals surface area contributed by atoms with Crippen LogP contribution in [0.2, 0.25) is 0 Å². The van der Waals surface area contributed by atoms with Gasteiger partial charge in [-0.1, -0.05) is 19.9 Å². The highest BCUT2D eigenvalue weighted by molar-refractivity contribution is 5.94. The molecule has 1 aliphatic heterocycles. The molecule has 1 saturated carbocycles. The van der Waals surface area contributed by atoms with Crippen LogP contribution in [0.1, 0.15) is 52.0 Å². The zero-order valence-corrected chi connectivity index (χ0v) is 17.7. The number of rotatable bonds is 5. The number of carbonyl (C=O) groups is 1. The van der Waals surface area contributed by atoms with Crippen molar-refractivity contribution >= 4 is 11.6 Å². The Kier molecular flexibility index (Phi) is 4.82. The number of carbonyl (C=O) groups excluding carboxylic acids is 1. The summed E-state index contributed by atoms with van der Waals surface area (Å²) in [7, 11) is 1.95. The lowest BCUT2D eigenvalue weighted by molar-refractivity contribution is -0.117. The zero-order chi connectivity index (χ0) is 20.1. The predicted molar refractivity (Wildman–Crippen MR) is 113 cm³/mol. The highest BCUT2D eigenvalue weighted by atomic mass is 16.2.